The molecule has 8 heteroatoms. The van der Waals surface area contributed by atoms with Crippen LogP contribution in [0, 0.1) is 17.8 Å². The van der Waals surface area contributed by atoms with Gasteiger partial charge < -0.3 is 19.6 Å². The van der Waals surface area contributed by atoms with Gasteiger partial charge in [0.25, 0.3) is 0 Å². The number of nitrogens with one attached hydrogen (secondary N) is 1. The smallest absolute Gasteiger partial charge is 0.412 e. The van der Waals surface area contributed by atoms with Crippen molar-refractivity contribution in [3.63, 3.8) is 0 Å². The van der Waals surface area contributed by atoms with Crippen LogP contribution in [0.5, 0.6) is 0 Å². The van der Waals surface area contributed by atoms with Gasteiger partial charge in [-0.15, -0.1) is 6.42 Å². The van der Waals surface area contributed by atoms with Crippen LogP contribution in [0.4, 0.5) is 16.2 Å². The molecule has 1 aromatic rings. The number of rotatable bonds is 4. The third kappa shape index (κ3) is 4.67. The molecule has 1 saturated carbocycles. The van der Waals surface area contributed by atoms with E-state index >= 15 is 0 Å². The topological polar surface area (TPSA) is 82.1 Å². The minimum Gasteiger partial charge on any atom is -0.436 e. The lowest BCUT2D eigenvalue weighted by molar-refractivity contribution is -0.139. The molecule has 1 aliphatic carbocycles. The number of likely N-dealkylation sites (tertiary alicyclic amines) is 1. The first kappa shape index (κ1) is 22.8. The average molecular weight is 460 g/mol. The molecular weight excluding hydrogens is 430 g/mol. The van der Waals surface area contributed by atoms with Gasteiger partial charge in [0.1, 0.15) is 0 Å². The van der Waals surface area contributed by atoms with Crippen molar-refractivity contribution in [1.82, 2.24) is 4.90 Å². The molecule has 1 spiro atoms. The zero-order valence-electron chi connectivity index (χ0n) is 18.2. The molecule has 2 saturated heterocycles. The second-order valence-electron chi connectivity index (χ2n) is 9.09. The van der Waals surface area contributed by atoms with Crippen molar-refractivity contribution >= 4 is 35.0 Å². The van der Waals surface area contributed by atoms with E-state index in [1.54, 1.807) is 12.1 Å². The predicted octanol–water partition coefficient (Wildman–Crippen LogP) is 3.64. The average Bonchev–Trinajstić information content (AvgIpc) is 3.08. The van der Waals surface area contributed by atoms with Crippen molar-refractivity contribution < 1.29 is 19.4 Å². The monoisotopic (exact) mass is 459 g/mol. The van der Waals surface area contributed by atoms with Crippen molar-refractivity contribution in [2.75, 3.05) is 36.5 Å². The van der Waals surface area contributed by atoms with E-state index in [0.717, 1.165) is 63.7 Å². The molecule has 0 bridgehead atoms. The van der Waals surface area contributed by atoms with Crippen LogP contribution in [0.2, 0.25) is 5.02 Å². The fourth-order valence-corrected chi connectivity index (χ4v) is 5.68. The number of amides is 2. The summed E-state index contributed by atoms with van der Waals surface area (Å²) in [5.74, 6) is 2.50. The number of aliphatic hydroxyl groups excluding tert-OH is 1. The summed E-state index contributed by atoms with van der Waals surface area (Å²) in [7, 11) is 0. The largest absolute Gasteiger partial charge is 0.436 e. The number of ether oxygens (including phenoxy) is 1. The molecule has 4 rings (SSSR count). The SMILES string of the molecule is C#CCOC(=O)Nc1ccc(N2CCCC3(CCN(C4CCC(O)CC4)C3=O)C2)c(Cl)c1. The number of benzene rings is 1. The summed E-state index contributed by atoms with van der Waals surface area (Å²) in [4.78, 5) is 29.5. The molecule has 2 N–H and O–H groups in total. The molecule has 1 unspecified atom stereocenters. The molecule has 0 radical (unpaired) electrons. The number of hydrogen-bond donors (Lipinski definition) is 2. The van der Waals surface area contributed by atoms with Gasteiger partial charge in [-0.2, -0.15) is 0 Å². The summed E-state index contributed by atoms with van der Waals surface area (Å²) in [5, 5.41) is 12.9. The van der Waals surface area contributed by atoms with Crippen molar-refractivity contribution in [3.05, 3.63) is 23.2 Å². The molecule has 2 aliphatic heterocycles. The van der Waals surface area contributed by atoms with Crippen LogP contribution >= 0.6 is 11.6 Å². The van der Waals surface area contributed by atoms with Crippen molar-refractivity contribution in [2.24, 2.45) is 5.41 Å². The quantitative estimate of drug-likeness (QED) is 0.672. The van der Waals surface area contributed by atoms with Crippen LogP contribution in [0.15, 0.2) is 18.2 Å². The molecule has 2 heterocycles. The lowest BCUT2D eigenvalue weighted by atomic mass is 9.78. The van der Waals surface area contributed by atoms with Crippen LogP contribution in [-0.2, 0) is 9.53 Å². The van der Waals surface area contributed by atoms with E-state index in [4.69, 9.17) is 22.8 Å². The predicted molar refractivity (Wildman–Crippen MR) is 124 cm³/mol. The second-order valence-corrected chi connectivity index (χ2v) is 9.49. The molecule has 1 aromatic carbocycles. The molecular formula is C24H30ClN3O4. The third-order valence-electron chi connectivity index (χ3n) is 7.05. The van der Waals surface area contributed by atoms with Crippen molar-refractivity contribution in [3.8, 4) is 12.3 Å². The normalized spacial score (nSPS) is 28.0. The Labute approximate surface area is 194 Å². The summed E-state index contributed by atoms with van der Waals surface area (Å²) >= 11 is 6.56. The summed E-state index contributed by atoms with van der Waals surface area (Å²) in [6.07, 6.45) is 10.3. The van der Waals surface area contributed by atoms with E-state index in [1.807, 2.05) is 6.07 Å². The highest BCUT2D eigenvalue weighted by Crippen LogP contribution is 2.44. The van der Waals surface area contributed by atoms with Crippen LogP contribution in [0.1, 0.15) is 44.9 Å². The molecule has 3 aliphatic rings. The van der Waals surface area contributed by atoms with E-state index in [-0.39, 0.29) is 30.1 Å². The molecule has 3 fully saturated rings. The van der Waals surface area contributed by atoms with E-state index in [2.05, 4.69) is 21.0 Å². The lowest BCUT2D eigenvalue weighted by Crippen LogP contribution is -2.50. The van der Waals surface area contributed by atoms with Crippen LogP contribution < -0.4 is 10.2 Å². The Hall–Kier alpha value is -2.43. The summed E-state index contributed by atoms with van der Waals surface area (Å²) in [6.45, 7) is 2.18. The summed E-state index contributed by atoms with van der Waals surface area (Å²) in [6, 6.07) is 5.59. The number of carbonyl (C=O) groups is 2. The van der Waals surface area contributed by atoms with Crippen LogP contribution in [0.3, 0.4) is 0 Å². The lowest BCUT2D eigenvalue weighted by Gasteiger charge is -2.41. The number of hydrogen-bond acceptors (Lipinski definition) is 5. The number of terminal acetylenes is 1. The number of nitrogens with zero attached hydrogens (tertiary/aromatic N) is 2. The number of halogens is 1. The Morgan fingerprint density at radius 1 is 1.28 bits per heavy atom. The fourth-order valence-electron chi connectivity index (χ4n) is 5.38. The van der Waals surface area contributed by atoms with Gasteiger partial charge in [0, 0.05) is 31.4 Å². The van der Waals surface area contributed by atoms with Gasteiger partial charge in [-0.25, -0.2) is 4.79 Å². The highest BCUT2D eigenvalue weighted by Gasteiger charge is 2.50. The number of aliphatic hydroxyl groups is 1. The maximum absolute atomic E-state index is 13.5. The first-order valence-electron chi connectivity index (χ1n) is 11.3. The molecule has 2 amide bonds. The number of piperidine rings is 1. The Balaban J connectivity index is 1.43. The zero-order chi connectivity index (χ0) is 22.7. The van der Waals surface area contributed by atoms with E-state index in [0.29, 0.717) is 17.3 Å². The second kappa shape index (κ2) is 9.60. The summed E-state index contributed by atoms with van der Waals surface area (Å²) < 4.78 is 4.83. The highest BCUT2D eigenvalue weighted by atomic mass is 35.5. The third-order valence-corrected chi connectivity index (χ3v) is 7.35. The first-order chi connectivity index (χ1) is 15.4. The van der Waals surface area contributed by atoms with Gasteiger partial charge in [0.15, 0.2) is 6.61 Å². The van der Waals surface area contributed by atoms with E-state index < -0.39 is 6.09 Å². The summed E-state index contributed by atoms with van der Waals surface area (Å²) in [5.41, 5.74) is 1.02. The molecule has 32 heavy (non-hydrogen) atoms. The van der Waals surface area contributed by atoms with E-state index in [9.17, 15) is 14.7 Å². The van der Waals surface area contributed by atoms with Gasteiger partial charge in [0.2, 0.25) is 5.91 Å². The minimum absolute atomic E-state index is 0.0972. The van der Waals surface area contributed by atoms with Crippen molar-refractivity contribution in [1.29, 1.82) is 0 Å². The molecule has 172 valence electrons. The first-order valence-corrected chi connectivity index (χ1v) is 11.7. The number of anilines is 2. The van der Waals surface area contributed by atoms with Crippen LogP contribution in [-0.4, -0.2) is 60.4 Å². The van der Waals surface area contributed by atoms with Crippen LogP contribution in [0.25, 0.3) is 0 Å². The molecule has 7 nitrogen and oxygen atoms in total. The maximum atomic E-state index is 13.5. The maximum Gasteiger partial charge on any atom is 0.412 e. The van der Waals surface area contributed by atoms with E-state index in [1.165, 1.54) is 0 Å². The Kier molecular flexibility index (Phi) is 6.82. The van der Waals surface area contributed by atoms with Gasteiger partial charge in [-0.1, -0.05) is 17.5 Å². The van der Waals surface area contributed by atoms with Gasteiger partial charge in [-0.3, -0.25) is 10.1 Å². The fraction of sp³-hybridized carbons (Fsp3) is 0.583. The molecule has 1 atom stereocenters. The standard InChI is InChI=1S/C24H30ClN3O4/c1-2-14-32-23(31)26-17-4-9-21(20(25)15-17)27-12-3-10-24(16-27)11-13-28(22(24)30)18-5-7-19(29)8-6-18/h1,4,9,15,18-19,29H,3,5-8,10-14,16H2,(H,26,31). The minimum atomic E-state index is -0.629. The Bertz CT molecular complexity index is 909. The Morgan fingerprint density at radius 3 is 2.78 bits per heavy atom. The highest BCUT2D eigenvalue weighted by molar-refractivity contribution is 6.33. The zero-order valence-corrected chi connectivity index (χ0v) is 18.9. The van der Waals surface area contributed by atoms with Gasteiger partial charge in [0.05, 0.1) is 22.2 Å². The van der Waals surface area contributed by atoms with Gasteiger partial charge >= 0.3 is 6.09 Å². The van der Waals surface area contributed by atoms with Crippen molar-refractivity contribution in [2.45, 2.75) is 57.1 Å². The van der Waals surface area contributed by atoms with Gasteiger partial charge in [-0.05, 0) is 63.1 Å². The number of carbonyl (C=O) groups excluding carboxylic acids is 2. The Morgan fingerprint density at radius 2 is 2.06 bits per heavy atom. The molecule has 0 aromatic heterocycles.